The van der Waals surface area contributed by atoms with Gasteiger partial charge in [-0.25, -0.2) is 22.8 Å². The minimum Gasteiger partial charge on any atom is -0.373 e. The minimum atomic E-state index is -3.67. The SMILES string of the molecule is CNc1nc([C@H]2CCCN(S(=O)(=O)c3ccc(F)cc3)C2)nc2c1CN(C)CC2. The highest BCUT2D eigenvalue weighted by Crippen LogP contribution is 2.31. The van der Waals surface area contributed by atoms with E-state index >= 15 is 0 Å². The highest BCUT2D eigenvalue weighted by molar-refractivity contribution is 7.89. The Balaban J connectivity index is 1.61. The van der Waals surface area contributed by atoms with Gasteiger partial charge in [0.1, 0.15) is 17.5 Å². The summed E-state index contributed by atoms with van der Waals surface area (Å²) < 4.78 is 40.7. The van der Waals surface area contributed by atoms with Crippen molar-refractivity contribution in [2.45, 2.75) is 36.6 Å². The summed E-state index contributed by atoms with van der Waals surface area (Å²) in [7, 11) is 0.262. The van der Waals surface area contributed by atoms with Crippen molar-refractivity contribution in [3.05, 3.63) is 47.2 Å². The van der Waals surface area contributed by atoms with Crippen molar-refractivity contribution >= 4 is 15.8 Å². The summed E-state index contributed by atoms with van der Waals surface area (Å²) in [5.74, 6) is 1.02. The number of fused-ring (bicyclic) bond motifs is 1. The van der Waals surface area contributed by atoms with Gasteiger partial charge in [-0.2, -0.15) is 4.31 Å². The molecule has 1 saturated heterocycles. The maximum Gasteiger partial charge on any atom is 0.243 e. The molecule has 1 N–H and O–H groups in total. The van der Waals surface area contributed by atoms with Crippen LogP contribution >= 0.6 is 0 Å². The summed E-state index contributed by atoms with van der Waals surface area (Å²) in [6.45, 7) is 2.54. The first-order valence-corrected chi connectivity index (χ1v) is 11.3. The van der Waals surface area contributed by atoms with E-state index in [9.17, 15) is 12.8 Å². The molecular weight excluding hydrogens is 393 g/mol. The smallest absolute Gasteiger partial charge is 0.243 e. The molecule has 9 heteroatoms. The van der Waals surface area contributed by atoms with E-state index in [1.54, 1.807) is 0 Å². The van der Waals surface area contributed by atoms with Crippen molar-refractivity contribution in [2.24, 2.45) is 0 Å². The van der Waals surface area contributed by atoms with Gasteiger partial charge < -0.3 is 10.2 Å². The number of aromatic nitrogens is 2. The fourth-order valence-electron chi connectivity index (χ4n) is 4.08. The summed E-state index contributed by atoms with van der Waals surface area (Å²) in [5.41, 5.74) is 2.17. The number of hydrogen-bond acceptors (Lipinski definition) is 6. The van der Waals surface area contributed by atoms with Crippen molar-refractivity contribution in [1.29, 1.82) is 0 Å². The Morgan fingerprint density at radius 2 is 1.93 bits per heavy atom. The number of sulfonamides is 1. The molecular formula is C20H26FN5O2S. The number of rotatable bonds is 4. The van der Waals surface area contributed by atoms with Crippen LogP contribution in [0.3, 0.4) is 0 Å². The van der Waals surface area contributed by atoms with Gasteiger partial charge in [-0.15, -0.1) is 0 Å². The molecule has 4 rings (SSSR count). The van der Waals surface area contributed by atoms with Gasteiger partial charge in [-0.05, 0) is 44.2 Å². The second-order valence-electron chi connectivity index (χ2n) is 7.75. The van der Waals surface area contributed by atoms with E-state index in [-0.39, 0.29) is 10.8 Å². The molecule has 0 saturated carbocycles. The summed E-state index contributed by atoms with van der Waals surface area (Å²) in [6.07, 6.45) is 2.45. The van der Waals surface area contributed by atoms with Crippen LogP contribution < -0.4 is 5.32 Å². The maximum absolute atomic E-state index is 13.2. The second kappa shape index (κ2) is 7.97. The molecule has 0 bridgehead atoms. The number of hydrogen-bond donors (Lipinski definition) is 1. The van der Waals surface area contributed by atoms with E-state index in [4.69, 9.17) is 9.97 Å². The van der Waals surface area contributed by atoms with Gasteiger partial charge in [0, 0.05) is 51.1 Å². The Morgan fingerprint density at radius 1 is 1.17 bits per heavy atom. The van der Waals surface area contributed by atoms with E-state index in [2.05, 4.69) is 17.3 Å². The first kappa shape index (κ1) is 20.2. The van der Waals surface area contributed by atoms with Crippen LogP contribution in [0.2, 0.25) is 0 Å². The molecule has 0 radical (unpaired) electrons. The molecule has 2 aliphatic rings. The Kier molecular flexibility index (Phi) is 5.54. The van der Waals surface area contributed by atoms with Crippen molar-refractivity contribution in [3.8, 4) is 0 Å². The molecule has 1 atom stereocenters. The van der Waals surface area contributed by atoms with Crippen LogP contribution in [0, 0.1) is 5.82 Å². The van der Waals surface area contributed by atoms with Crippen molar-refractivity contribution in [1.82, 2.24) is 19.2 Å². The highest BCUT2D eigenvalue weighted by atomic mass is 32.2. The Morgan fingerprint density at radius 3 is 2.66 bits per heavy atom. The fraction of sp³-hybridized carbons (Fsp3) is 0.500. The van der Waals surface area contributed by atoms with E-state index in [0.29, 0.717) is 18.9 Å². The highest BCUT2D eigenvalue weighted by Gasteiger charge is 2.33. The standard InChI is InChI=1S/C20H26FN5O2S/c1-22-20-17-13-25(2)11-9-18(17)23-19(24-20)14-4-3-10-26(12-14)29(27,28)16-7-5-15(21)6-8-16/h5-8,14H,3-4,9-13H2,1-2H3,(H,22,23,24)/t14-/m0/s1. The molecule has 1 fully saturated rings. The van der Waals surface area contributed by atoms with Crippen LogP contribution in [-0.2, 0) is 23.0 Å². The zero-order chi connectivity index (χ0) is 20.6. The number of anilines is 1. The average Bonchev–Trinajstić information content (AvgIpc) is 2.73. The molecule has 0 amide bonds. The van der Waals surface area contributed by atoms with Gasteiger partial charge in [-0.3, -0.25) is 0 Å². The van der Waals surface area contributed by atoms with Crippen LogP contribution in [0.1, 0.15) is 35.8 Å². The first-order valence-electron chi connectivity index (χ1n) is 9.90. The third kappa shape index (κ3) is 3.99. The zero-order valence-electron chi connectivity index (χ0n) is 16.7. The quantitative estimate of drug-likeness (QED) is 0.819. The number of piperidine rings is 1. The second-order valence-corrected chi connectivity index (χ2v) is 9.69. The van der Waals surface area contributed by atoms with Crippen molar-refractivity contribution < 1.29 is 12.8 Å². The summed E-state index contributed by atoms with van der Waals surface area (Å²) >= 11 is 0. The van der Waals surface area contributed by atoms with Crippen molar-refractivity contribution in [3.63, 3.8) is 0 Å². The lowest BCUT2D eigenvalue weighted by atomic mass is 9.97. The van der Waals surface area contributed by atoms with Crippen LogP contribution in [0.4, 0.5) is 10.2 Å². The normalized spacial score (nSPS) is 21.0. The minimum absolute atomic E-state index is 0.0592. The van der Waals surface area contributed by atoms with E-state index in [1.807, 2.05) is 7.05 Å². The van der Waals surface area contributed by atoms with Gasteiger partial charge >= 0.3 is 0 Å². The number of halogens is 1. The lowest BCUT2D eigenvalue weighted by Gasteiger charge is -2.32. The van der Waals surface area contributed by atoms with E-state index in [1.165, 1.54) is 28.6 Å². The molecule has 0 aliphatic carbocycles. The number of nitrogens with zero attached hydrogens (tertiary/aromatic N) is 4. The Hall–Kier alpha value is -2.10. The first-order chi connectivity index (χ1) is 13.9. The lowest BCUT2D eigenvalue weighted by Crippen LogP contribution is -2.39. The van der Waals surface area contributed by atoms with Gasteiger partial charge in [0.15, 0.2) is 0 Å². The van der Waals surface area contributed by atoms with Gasteiger partial charge in [0.25, 0.3) is 0 Å². The molecule has 0 unspecified atom stereocenters. The number of nitrogens with one attached hydrogen (secondary N) is 1. The van der Waals surface area contributed by atoms with Crippen LogP contribution in [0.5, 0.6) is 0 Å². The van der Waals surface area contributed by atoms with Gasteiger partial charge in [0.2, 0.25) is 10.0 Å². The fourth-order valence-corrected chi connectivity index (χ4v) is 5.61. The summed E-state index contributed by atoms with van der Waals surface area (Å²) in [6, 6.07) is 4.99. The third-order valence-corrected chi connectivity index (χ3v) is 7.59. The molecule has 3 heterocycles. The average molecular weight is 420 g/mol. The molecule has 2 aromatic rings. The Bertz CT molecular complexity index is 979. The molecule has 29 heavy (non-hydrogen) atoms. The van der Waals surface area contributed by atoms with Gasteiger partial charge in [0.05, 0.1) is 10.6 Å². The van der Waals surface area contributed by atoms with Crippen LogP contribution in [-0.4, -0.2) is 61.3 Å². The molecule has 7 nitrogen and oxygen atoms in total. The van der Waals surface area contributed by atoms with E-state index in [0.717, 1.165) is 49.4 Å². The summed E-state index contributed by atoms with van der Waals surface area (Å²) in [4.78, 5) is 11.9. The lowest BCUT2D eigenvalue weighted by molar-refractivity contribution is 0.300. The van der Waals surface area contributed by atoms with Crippen LogP contribution in [0.15, 0.2) is 29.2 Å². The predicted octanol–water partition coefficient (Wildman–Crippen LogP) is 2.21. The molecule has 1 aromatic carbocycles. The molecule has 156 valence electrons. The topological polar surface area (TPSA) is 78.4 Å². The largest absolute Gasteiger partial charge is 0.373 e. The number of likely N-dealkylation sites (N-methyl/N-ethyl adjacent to an activating group) is 1. The zero-order valence-corrected chi connectivity index (χ0v) is 17.5. The molecule has 1 aromatic heterocycles. The predicted molar refractivity (Wildman–Crippen MR) is 109 cm³/mol. The number of benzene rings is 1. The van der Waals surface area contributed by atoms with Crippen molar-refractivity contribution in [2.75, 3.05) is 39.0 Å². The Labute approximate surface area is 171 Å². The van der Waals surface area contributed by atoms with Gasteiger partial charge in [-0.1, -0.05) is 0 Å². The third-order valence-electron chi connectivity index (χ3n) is 5.71. The monoisotopic (exact) mass is 419 g/mol. The molecule has 2 aliphatic heterocycles. The molecule has 0 spiro atoms. The maximum atomic E-state index is 13.2. The van der Waals surface area contributed by atoms with Crippen LogP contribution in [0.25, 0.3) is 0 Å². The van der Waals surface area contributed by atoms with E-state index < -0.39 is 15.8 Å². The summed E-state index contributed by atoms with van der Waals surface area (Å²) in [5, 5.41) is 3.18.